The number of nitrogens with one attached hydrogen (secondary N) is 2. The van der Waals surface area contributed by atoms with Gasteiger partial charge in [0.25, 0.3) is 0 Å². The van der Waals surface area contributed by atoms with Crippen LogP contribution in [0.15, 0.2) is 106 Å². The number of ether oxygens (including phenoxy) is 2. The molecule has 4 unspecified atom stereocenters. The summed E-state index contributed by atoms with van der Waals surface area (Å²) in [5.74, 6) is 2.15. The molecule has 16 nitrogen and oxygen atoms in total. The highest BCUT2D eigenvalue weighted by Crippen LogP contribution is 2.57. The second-order valence-corrected chi connectivity index (χ2v) is 19.2. The summed E-state index contributed by atoms with van der Waals surface area (Å²) in [4.78, 5) is 67.9. The molecule has 3 aromatic carbocycles. The molecule has 6 heterocycles. The lowest BCUT2D eigenvalue weighted by Crippen LogP contribution is -2.24. The number of fused-ring (bicyclic) bond motifs is 3. The maximum atomic E-state index is 14.0. The maximum Gasteiger partial charge on any atom is 0.356 e. The van der Waals surface area contributed by atoms with E-state index in [1.807, 2.05) is 48.5 Å². The second-order valence-electron chi connectivity index (χ2n) is 18.2. The van der Waals surface area contributed by atoms with Gasteiger partial charge in [-0.05, 0) is 138 Å². The first-order chi connectivity index (χ1) is 34.5. The van der Waals surface area contributed by atoms with Crippen LogP contribution in [0.25, 0.3) is 49.8 Å². The monoisotopic (exact) mass is 1010 g/mol. The number of rotatable bonds is 12. The van der Waals surface area contributed by atoms with E-state index in [1.54, 1.807) is 56.4 Å². The molecule has 0 amide bonds. The second kappa shape index (κ2) is 17.2. The van der Waals surface area contributed by atoms with Gasteiger partial charge in [-0.3, -0.25) is 13.7 Å². The van der Waals surface area contributed by atoms with Crippen molar-refractivity contribution in [2.45, 2.75) is 55.3 Å². The van der Waals surface area contributed by atoms with Gasteiger partial charge in [0.05, 0.1) is 58.6 Å². The maximum absolute atomic E-state index is 14.0. The Kier molecular flexibility index (Phi) is 10.8. The number of hydrogen-bond acceptors (Lipinski definition) is 13. The van der Waals surface area contributed by atoms with Crippen molar-refractivity contribution in [1.82, 2.24) is 43.6 Å². The van der Waals surface area contributed by atoms with Crippen LogP contribution in [0.2, 0.25) is 15.5 Å². The Balaban J connectivity index is 0.872. The van der Waals surface area contributed by atoms with Crippen molar-refractivity contribution in [2.24, 2.45) is 0 Å². The fourth-order valence-electron chi connectivity index (χ4n) is 10.3. The first-order valence-electron chi connectivity index (χ1n) is 23.1. The predicted octanol–water partition coefficient (Wildman–Crippen LogP) is 9.45. The molecule has 4 atom stereocenters. The van der Waals surface area contributed by atoms with Gasteiger partial charge < -0.3 is 20.1 Å². The Bertz CT molecular complexity index is 3910. The van der Waals surface area contributed by atoms with Crippen LogP contribution < -0.4 is 37.2 Å². The van der Waals surface area contributed by atoms with Crippen molar-refractivity contribution in [1.29, 1.82) is 0 Å². The lowest BCUT2D eigenvalue weighted by atomic mass is 10.0. The topological polar surface area (TPSA) is 186 Å². The van der Waals surface area contributed by atoms with Crippen LogP contribution in [0.5, 0.6) is 11.6 Å². The Morgan fingerprint density at radius 2 is 1.18 bits per heavy atom. The van der Waals surface area contributed by atoms with Crippen LogP contribution in [0.1, 0.15) is 83.2 Å². The molecule has 0 aliphatic heterocycles. The Hall–Kier alpha value is -7.40. The highest BCUT2D eigenvalue weighted by Gasteiger charge is 2.43. The molecule has 0 saturated heterocycles. The summed E-state index contributed by atoms with van der Waals surface area (Å²) in [6.07, 6.45) is 7.10. The predicted molar refractivity (Wildman–Crippen MR) is 275 cm³/mol. The standard InChI is InChI=1S/C52H42Cl3N11O5/c1-56-47-29-11-9-25(24-7-8-24)16-38(29)66(50(67)61-47)41-19-28(23-59-45(41)54)33-21-31(33)26-10-12-30-39(17-26)64(52(69)63-49(30)71-4)37-14-13-35(60-46(37)55)34-22-32(34)27-18-40-43(42(20-27)70-3)48(57-2)62-51(68)65(40)36-6-5-15-58-44(36)53/h5-6,9-20,23-24,31-34H,7-8,21-22H2,1-4H3,(H,56,61,67)(H,57,62,68). The van der Waals surface area contributed by atoms with E-state index < -0.39 is 17.1 Å². The molecule has 0 spiro atoms. The zero-order valence-electron chi connectivity index (χ0n) is 38.6. The van der Waals surface area contributed by atoms with Crippen molar-refractivity contribution in [3.8, 4) is 28.7 Å². The summed E-state index contributed by atoms with van der Waals surface area (Å²) < 4.78 is 16.0. The smallest absolute Gasteiger partial charge is 0.356 e. The molecular formula is C52H42Cl3N11O5. The van der Waals surface area contributed by atoms with Crippen LogP contribution in [-0.4, -0.2) is 71.9 Å². The van der Waals surface area contributed by atoms with Gasteiger partial charge in [0.1, 0.15) is 17.4 Å². The molecule has 6 aromatic heterocycles. The van der Waals surface area contributed by atoms with E-state index in [1.165, 1.54) is 21.8 Å². The number of methoxy groups -OCH3 is 2. The highest BCUT2D eigenvalue weighted by molar-refractivity contribution is 6.32. The summed E-state index contributed by atoms with van der Waals surface area (Å²) in [6.45, 7) is 0. The van der Waals surface area contributed by atoms with E-state index in [2.05, 4.69) is 47.7 Å². The van der Waals surface area contributed by atoms with E-state index in [0.29, 0.717) is 67.7 Å². The number of hydrogen-bond donors (Lipinski definition) is 2. The van der Waals surface area contributed by atoms with Crippen LogP contribution in [0.3, 0.4) is 0 Å². The molecule has 0 radical (unpaired) electrons. The van der Waals surface area contributed by atoms with E-state index >= 15 is 0 Å². The number of anilines is 2. The molecule has 356 valence electrons. The quantitative estimate of drug-likeness (QED) is 0.110. The van der Waals surface area contributed by atoms with Gasteiger partial charge in [-0.15, -0.1) is 0 Å². The van der Waals surface area contributed by atoms with Crippen molar-refractivity contribution < 1.29 is 9.47 Å². The molecular weight excluding hydrogens is 965 g/mol. The van der Waals surface area contributed by atoms with Crippen LogP contribution in [-0.2, 0) is 0 Å². The molecule has 3 saturated carbocycles. The minimum absolute atomic E-state index is 0.00469. The number of halogens is 3. The highest BCUT2D eigenvalue weighted by atomic mass is 35.5. The van der Waals surface area contributed by atoms with Gasteiger partial charge in [-0.1, -0.05) is 46.9 Å². The molecule has 3 aliphatic carbocycles. The SMILES string of the molecule is CNc1nc(=O)n(-c2cc(C3CC3c3ccc4c(OC)nc(=O)n(-c5ccc(C6CC6c6cc(OC)c7c(NC)nc(=O)n(-c8cccnc8Cl)c7c6)nc5Cl)c4c3)cnc2Cl)c2cc(C3CC3)ccc12. The van der Waals surface area contributed by atoms with E-state index in [0.717, 1.165) is 53.5 Å². The van der Waals surface area contributed by atoms with E-state index in [4.69, 9.17) is 49.3 Å². The number of aromatic nitrogens is 9. The van der Waals surface area contributed by atoms with Gasteiger partial charge in [0.2, 0.25) is 5.88 Å². The van der Waals surface area contributed by atoms with Crippen molar-refractivity contribution in [3.05, 3.63) is 166 Å². The third-order valence-electron chi connectivity index (χ3n) is 14.1. The van der Waals surface area contributed by atoms with E-state index in [9.17, 15) is 14.4 Å². The number of pyridine rings is 3. The van der Waals surface area contributed by atoms with E-state index in [-0.39, 0.29) is 45.0 Å². The van der Waals surface area contributed by atoms with Crippen molar-refractivity contribution >= 4 is 79.1 Å². The Labute approximate surface area is 419 Å². The molecule has 71 heavy (non-hydrogen) atoms. The largest absolute Gasteiger partial charge is 0.496 e. The van der Waals surface area contributed by atoms with Crippen LogP contribution in [0.4, 0.5) is 11.6 Å². The Morgan fingerprint density at radius 3 is 1.92 bits per heavy atom. The molecule has 12 rings (SSSR count). The zero-order valence-corrected chi connectivity index (χ0v) is 40.8. The lowest BCUT2D eigenvalue weighted by molar-refractivity contribution is 0.400. The first kappa shape index (κ1) is 44.8. The van der Waals surface area contributed by atoms with Crippen LogP contribution >= 0.6 is 34.8 Å². The average Bonchev–Trinajstić information content (AvgIpc) is 4.24. The third kappa shape index (κ3) is 7.54. The fourth-order valence-corrected chi connectivity index (χ4v) is 10.9. The van der Waals surface area contributed by atoms with Gasteiger partial charge in [0, 0.05) is 43.5 Å². The van der Waals surface area contributed by atoms with Gasteiger partial charge in [-0.2, -0.15) is 15.0 Å². The lowest BCUT2D eigenvalue weighted by Gasteiger charge is -2.17. The summed E-state index contributed by atoms with van der Waals surface area (Å²) in [5.41, 5.74) is 6.23. The molecule has 0 bridgehead atoms. The summed E-state index contributed by atoms with van der Waals surface area (Å²) in [6, 6.07) is 25.1. The molecule has 3 fully saturated rings. The third-order valence-corrected chi connectivity index (χ3v) is 15.0. The Morgan fingerprint density at radius 1 is 0.563 bits per heavy atom. The summed E-state index contributed by atoms with van der Waals surface area (Å²) in [5, 5.41) is 8.62. The summed E-state index contributed by atoms with van der Waals surface area (Å²) in [7, 11) is 6.50. The van der Waals surface area contributed by atoms with Gasteiger partial charge in [0.15, 0.2) is 15.5 Å². The zero-order chi connectivity index (χ0) is 49.0. The molecule has 3 aliphatic rings. The number of benzene rings is 3. The van der Waals surface area contributed by atoms with Gasteiger partial charge in [-0.25, -0.2) is 29.3 Å². The minimum atomic E-state index is -0.579. The molecule has 2 N–H and O–H groups in total. The minimum Gasteiger partial charge on any atom is -0.496 e. The molecule has 9 aromatic rings. The first-order valence-corrected chi connectivity index (χ1v) is 24.2. The fraction of sp³-hybridized carbons (Fsp3) is 0.250. The molecule has 19 heteroatoms. The van der Waals surface area contributed by atoms with Crippen molar-refractivity contribution in [2.75, 3.05) is 38.9 Å². The summed E-state index contributed by atoms with van der Waals surface area (Å²) >= 11 is 20.4. The normalized spacial score (nSPS) is 18.2. The van der Waals surface area contributed by atoms with Crippen molar-refractivity contribution in [3.63, 3.8) is 0 Å². The number of nitrogens with zero attached hydrogens (tertiary/aromatic N) is 9. The van der Waals surface area contributed by atoms with Crippen LogP contribution in [0, 0.1) is 0 Å². The van der Waals surface area contributed by atoms with Gasteiger partial charge >= 0.3 is 17.1 Å². The average molecular weight is 1010 g/mol.